The van der Waals surface area contributed by atoms with Gasteiger partial charge in [0.25, 0.3) is 0 Å². The molecule has 0 saturated carbocycles. The maximum atomic E-state index is 12.4. The van der Waals surface area contributed by atoms with Crippen LogP contribution in [-0.4, -0.2) is 35.0 Å². The molecule has 0 spiro atoms. The minimum absolute atomic E-state index is 0.0119. The van der Waals surface area contributed by atoms with E-state index in [4.69, 9.17) is 0 Å². The first kappa shape index (κ1) is 17.1. The van der Waals surface area contributed by atoms with Crippen LogP contribution in [0.15, 0.2) is 36.4 Å². The molecule has 1 aliphatic rings. The first-order valence-corrected chi connectivity index (χ1v) is 8.50. The van der Waals surface area contributed by atoms with Crippen LogP contribution in [0.5, 0.6) is 0 Å². The number of hydrogen-bond donors (Lipinski definition) is 1. The van der Waals surface area contributed by atoms with Gasteiger partial charge in [-0.1, -0.05) is 0 Å². The van der Waals surface area contributed by atoms with E-state index in [-0.39, 0.29) is 17.6 Å². The van der Waals surface area contributed by atoms with Crippen molar-refractivity contribution in [3.05, 3.63) is 47.7 Å². The third-order valence-corrected chi connectivity index (χ3v) is 4.53. The highest BCUT2D eigenvalue weighted by atomic mass is 16.2. The van der Waals surface area contributed by atoms with Crippen LogP contribution < -0.4 is 10.2 Å². The highest BCUT2D eigenvalue weighted by Crippen LogP contribution is 2.23. The van der Waals surface area contributed by atoms with Gasteiger partial charge in [-0.2, -0.15) is 5.10 Å². The summed E-state index contributed by atoms with van der Waals surface area (Å²) < 4.78 is 0. The summed E-state index contributed by atoms with van der Waals surface area (Å²) in [5.74, 6) is 0.904. The molecule has 1 aromatic heterocycles. The number of aryl methyl sites for hydroxylation is 1. The van der Waals surface area contributed by atoms with Crippen LogP contribution in [0.2, 0.25) is 0 Å². The van der Waals surface area contributed by atoms with E-state index in [1.54, 1.807) is 24.3 Å². The molecule has 0 unspecified atom stereocenters. The number of piperidine rings is 1. The van der Waals surface area contributed by atoms with Crippen LogP contribution >= 0.6 is 0 Å². The zero-order valence-electron chi connectivity index (χ0n) is 14.5. The molecule has 2 aromatic rings. The van der Waals surface area contributed by atoms with E-state index in [1.807, 2.05) is 19.1 Å². The number of amides is 1. The van der Waals surface area contributed by atoms with Crippen molar-refractivity contribution in [2.24, 2.45) is 5.92 Å². The van der Waals surface area contributed by atoms with E-state index < -0.39 is 0 Å². The Balaban J connectivity index is 1.54. The number of Topliss-reactive ketones (excluding diaryl/α,β-unsaturated/α-hetero) is 1. The lowest BCUT2D eigenvalue weighted by Crippen LogP contribution is -2.38. The number of aromatic nitrogens is 2. The van der Waals surface area contributed by atoms with Gasteiger partial charge in [0.05, 0.1) is 5.69 Å². The van der Waals surface area contributed by atoms with Crippen molar-refractivity contribution in [1.82, 2.24) is 10.2 Å². The number of rotatable bonds is 4. The molecule has 2 heterocycles. The summed E-state index contributed by atoms with van der Waals surface area (Å²) in [6, 6.07) is 10.9. The fourth-order valence-corrected chi connectivity index (χ4v) is 2.96. The molecule has 0 bridgehead atoms. The number of anilines is 2. The van der Waals surface area contributed by atoms with E-state index in [9.17, 15) is 9.59 Å². The first-order chi connectivity index (χ1) is 12.0. The van der Waals surface area contributed by atoms with Gasteiger partial charge in [0.2, 0.25) is 5.91 Å². The minimum atomic E-state index is -0.0119. The van der Waals surface area contributed by atoms with E-state index >= 15 is 0 Å². The Morgan fingerprint density at radius 2 is 1.72 bits per heavy atom. The first-order valence-electron chi connectivity index (χ1n) is 8.50. The molecule has 1 amide bonds. The molecule has 25 heavy (non-hydrogen) atoms. The molecule has 3 rings (SSSR count). The molecule has 0 atom stereocenters. The van der Waals surface area contributed by atoms with Gasteiger partial charge >= 0.3 is 0 Å². The number of nitrogens with zero attached hydrogens (tertiary/aromatic N) is 3. The molecule has 6 heteroatoms. The number of hydrogen-bond acceptors (Lipinski definition) is 5. The number of carbonyl (C=O) groups is 2. The van der Waals surface area contributed by atoms with Crippen molar-refractivity contribution >= 4 is 23.2 Å². The van der Waals surface area contributed by atoms with Crippen LogP contribution in [0.4, 0.5) is 11.5 Å². The van der Waals surface area contributed by atoms with Gasteiger partial charge in [-0.25, -0.2) is 0 Å². The van der Waals surface area contributed by atoms with Gasteiger partial charge < -0.3 is 10.2 Å². The second kappa shape index (κ2) is 7.42. The highest BCUT2D eigenvalue weighted by molar-refractivity contribution is 5.96. The zero-order chi connectivity index (χ0) is 17.8. The largest absolute Gasteiger partial charge is 0.355 e. The standard InChI is InChI=1S/C19H22N4O2/c1-13-3-8-18(22-21-13)23-11-9-16(10-12-23)19(25)20-17-6-4-15(5-7-17)14(2)24/h3-8,16H,9-12H2,1-2H3,(H,20,25). The topological polar surface area (TPSA) is 75.2 Å². The Labute approximate surface area is 147 Å². The van der Waals surface area contributed by atoms with Crippen molar-refractivity contribution in [3.8, 4) is 0 Å². The van der Waals surface area contributed by atoms with Crippen LogP contribution in [0.25, 0.3) is 0 Å². The average molecular weight is 338 g/mol. The Hall–Kier alpha value is -2.76. The highest BCUT2D eigenvalue weighted by Gasteiger charge is 2.25. The van der Waals surface area contributed by atoms with E-state index in [0.717, 1.165) is 43.1 Å². The lowest BCUT2D eigenvalue weighted by Gasteiger charge is -2.31. The van der Waals surface area contributed by atoms with Crippen LogP contribution in [-0.2, 0) is 4.79 Å². The van der Waals surface area contributed by atoms with Gasteiger partial charge in [-0.05, 0) is 63.1 Å². The van der Waals surface area contributed by atoms with Crippen LogP contribution in [0.1, 0.15) is 35.8 Å². The van der Waals surface area contributed by atoms with Gasteiger partial charge in [0, 0.05) is 30.3 Å². The Bertz CT molecular complexity index is 748. The predicted molar refractivity (Wildman–Crippen MR) is 96.8 cm³/mol. The van der Waals surface area contributed by atoms with Crippen molar-refractivity contribution in [2.75, 3.05) is 23.3 Å². The van der Waals surface area contributed by atoms with Gasteiger partial charge in [0.1, 0.15) is 0 Å². The van der Waals surface area contributed by atoms with Crippen LogP contribution in [0, 0.1) is 12.8 Å². The maximum absolute atomic E-state index is 12.4. The summed E-state index contributed by atoms with van der Waals surface area (Å²) in [7, 11) is 0. The average Bonchev–Trinajstić information content (AvgIpc) is 2.63. The van der Waals surface area contributed by atoms with Crippen molar-refractivity contribution in [3.63, 3.8) is 0 Å². The molecule has 1 fully saturated rings. The smallest absolute Gasteiger partial charge is 0.227 e. The Morgan fingerprint density at radius 1 is 1.04 bits per heavy atom. The molecule has 1 saturated heterocycles. The molecular formula is C19H22N4O2. The lowest BCUT2D eigenvalue weighted by atomic mass is 9.95. The predicted octanol–water partition coefficient (Wildman–Crippen LogP) is 2.84. The third kappa shape index (κ3) is 4.21. The molecule has 130 valence electrons. The van der Waals surface area contributed by atoms with Crippen molar-refractivity contribution in [1.29, 1.82) is 0 Å². The second-order valence-corrected chi connectivity index (χ2v) is 6.42. The maximum Gasteiger partial charge on any atom is 0.227 e. The normalized spacial score (nSPS) is 15.0. The zero-order valence-corrected chi connectivity index (χ0v) is 14.5. The molecule has 0 aliphatic carbocycles. The summed E-state index contributed by atoms with van der Waals surface area (Å²) in [5, 5.41) is 11.2. The summed E-state index contributed by atoms with van der Waals surface area (Å²) in [6.07, 6.45) is 1.57. The fourth-order valence-electron chi connectivity index (χ4n) is 2.96. The molecule has 1 aromatic carbocycles. The monoisotopic (exact) mass is 338 g/mol. The Kier molecular flexibility index (Phi) is 5.07. The Morgan fingerprint density at radius 3 is 2.28 bits per heavy atom. The SMILES string of the molecule is CC(=O)c1ccc(NC(=O)C2CCN(c3ccc(C)nn3)CC2)cc1. The summed E-state index contributed by atoms with van der Waals surface area (Å²) in [4.78, 5) is 25.9. The second-order valence-electron chi connectivity index (χ2n) is 6.42. The minimum Gasteiger partial charge on any atom is -0.355 e. The number of nitrogens with one attached hydrogen (secondary N) is 1. The van der Waals surface area contributed by atoms with Crippen molar-refractivity contribution < 1.29 is 9.59 Å². The third-order valence-electron chi connectivity index (χ3n) is 4.53. The quantitative estimate of drug-likeness (QED) is 0.868. The van der Waals surface area contributed by atoms with Crippen molar-refractivity contribution in [2.45, 2.75) is 26.7 Å². The van der Waals surface area contributed by atoms with E-state index in [1.165, 1.54) is 6.92 Å². The lowest BCUT2D eigenvalue weighted by molar-refractivity contribution is -0.120. The summed E-state index contributed by atoms with van der Waals surface area (Å²) in [6.45, 7) is 5.02. The molecular weight excluding hydrogens is 316 g/mol. The number of ketones is 1. The fraction of sp³-hybridized carbons (Fsp3) is 0.368. The van der Waals surface area contributed by atoms with Gasteiger partial charge in [0.15, 0.2) is 11.6 Å². The number of benzene rings is 1. The van der Waals surface area contributed by atoms with Gasteiger partial charge in [-0.15, -0.1) is 5.10 Å². The molecule has 1 N–H and O–H groups in total. The van der Waals surface area contributed by atoms with Gasteiger partial charge in [-0.3, -0.25) is 9.59 Å². The molecule has 1 aliphatic heterocycles. The van der Waals surface area contributed by atoms with E-state index in [2.05, 4.69) is 20.4 Å². The molecule has 0 radical (unpaired) electrons. The summed E-state index contributed by atoms with van der Waals surface area (Å²) in [5.41, 5.74) is 2.26. The van der Waals surface area contributed by atoms with E-state index in [0.29, 0.717) is 5.56 Å². The molecule has 6 nitrogen and oxygen atoms in total. The number of carbonyl (C=O) groups excluding carboxylic acids is 2. The van der Waals surface area contributed by atoms with Crippen LogP contribution in [0.3, 0.4) is 0 Å². The summed E-state index contributed by atoms with van der Waals surface area (Å²) >= 11 is 0.